The molecule has 1 aliphatic heterocycles. The third-order valence-corrected chi connectivity index (χ3v) is 6.28. The van der Waals surface area contributed by atoms with E-state index in [2.05, 4.69) is 32.0 Å². The predicted octanol–water partition coefficient (Wildman–Crippen LogP) is 3.31. The first kappa shape index (κ1) is 23.0. The van der Waals surface area contributed by atoms with Crippen LogP contribution in [0.4, 0.5) is 11.8 Å². The topological polar surface area (TPSA) is 125 Å². The Labute approximate surface area is 208 Å². The number of anilines is 2. The average Bonchev–Trinajstić information content (AvgIpc) is 3.53. The van der Waals surface area contributed by atoms with Crippen LogP contribution in [-0.2, 0) is 0 Å². The van der Waals surface area contributed by atoms with E-state index in [-0.39, 0.29) is 11.8 Å². The molecule has 1 fully saturated rings. The minimum atomic E-state index is -0.319. The Balaban J connectivity index is 1.43. The third kappa shape index (κ3) is 4.48. The Bertz CT molecular complexity index is 1540. The number of hydrogen-bond acceptors (Lipinski definition) is 7. The fourth-order valence-corrected chi connectivity index (χ4v) is 4.50. The first-order chi connectivity index (χ1) is 17.6. The quantitative estimate of drug-likeness (QED) is 0.423. The molecule has 4 aromatic rings. The third-order valence-electron chi connectivity index (χ3n) is 6.28. The Hall–Kier alpha value is -4.73. The monoisotopic (exact) mass is 476 g/mol. The second kappa shape index (κ2) is 9.87. The Morgan fingerprint density at radius 1 is 1.19 bits per heavy atom. The van der Waals surface area contributed by atoms with Crippen LogP contribution in [0.15, 0.2) is 54.9 Å². The van der Waals surface area contributed by atoms with Gasteiger partial charge in [-0.2, -0.15) is 5.26 Å². The summed E-state index contributed by atoms with van der Waals surface area (Å²) in [5.74, 6) is 7.43. The summed E-state index contributed by atoms with van der Waals surface area (Å²) in [5.41, 5.74) is 9.92. The van der Waals surface area contributed by atoms with Gasteiger partial charge < -0.3 is 11.1 Å². The van der Waals surface area contributed by atoms with Gasteiger partial charge in [0.1, 0.15) is 11.6 Å². The SMILES string of the molecule is CC#CCN1CCC(c2nc(-c3ccc(C(=O)Nc4cc(C#N)ccn4)cc3)n3c(N)nccc23)C1. The number of carbonyl (C=O) groups is 1. The van der Waals surface area contributed by atoms with Crippen LogP contribution in [0.1, 0.15) is 40.9 Å². The number of benzene rings is 1. The minimum absolute atomic E-state index is 0.274. The number of nitrogen functional groups attached to an aromatic ring is 1. The van der Waals surface area contributed by atoms with Crippen molar-refractivity contribution in [2.24, 2.45) is 0 Å². The molecule has 178 valence electrons. The van der Waals surface area contributed by atoms with E-state index in [1.54, 1.807) is 24.4 Å². The van der Waals surface area contributed by atoms with Crippen molar-refractivity contribution >= 4 is 23.2 Å². The second-order valence-electron chi connectivity index (χ2n) is 8.56. The van der Waals surface area contributed by atoms with Crippen LogP contribution in [-0.4, -0.2) is 49.8 Å². The number of fused-ring (bicyclic) bond motifs is 1. The summed E-state index contributed by atoms with van der Waals surface area (Å²) >= 11 is 0. The molecular formula is C27H24N8O. The van der Waals surface area contributed by atoms with E-state index in [9.17, 15) is 4.79 Å². The van der Waals surface area contributed by atoms with Crippen LogP contribution in [0.2, 0.25) is 0 Å². The number of imidazole rings is 1. The van der Waals surface area contributed by atoms with Crippen LogP contribution >= 0.6 is 0 Å². The molecule has 0 bridgehead atoms. The normalized spacial score (nSPS) is 15.3. The van der Waals surface area contributed by atoms with E-state index in [1.807, 2.05) is 35.6 Å². The van der Waals surface area contributed by atoms with E-state index in [0.29, 0.717) is 28.7 Å². The molecule has 1 amide bonds. The van der Waals surface area contributed by atoms with Gasteiger partial charge in [-0.1, -0.05) is 18.1 Å². The summed E-state index contributed by atoms with van der Waals surface area (Å²) in [5, 5.41) is 11.8. The van der Waals surface area contributed by atoms with Gasteiger partial charge in [0.05, 0.1) is 29.4 Å². The largest absolute Gasteiger partial charge is 0.369 e. The van der Waals surface area contributed by atoms with Crippen LogP contribution in [0.25, 0.3) is 16.9 Å². The van der Waals surface area contributed by atoms with Crippen molar-refractivity contribution in [3.63, 3.8) is 0 Å². The fraction of sp³-hybridized carbons (Fsp3) is 0.222. The van der Waals surface area contributed by atoms with Gasteiger partial charge in [0.25, 0.3) is 5.91 Å². The maximum absolute atomic E-state index is 12.7. The van der Waals surface area contributed by atoms with Gasteiger partial charge in [0.15, 0.2) is 0 Å². The molecule has 3 aromatic heterocycles. The summed E-state index contributed by atoms with van der Waals surface area (Å²) in [6, 6.07) is 14.2. The molecule has 0 spiro atoms. The molecule has 1 unspecified atom stereocenters. The average molecular weight is 477 g/mol. The lowest BCUT2D eigenvalue weighted by Crippen LogP contribution is -2.20. The predicted molar refractivity (Wildman–Crippen MR) is 137 cm³/mol. The number of carbonyl (C=O) groups excluding carboxylic acids is 1. The summed E-state index contributed by atoms with van der Waals surface area (Å²) in [6.45, 7) is 4.49. The molecule has 3 N–H and O–H groups in total. The van der Waals surface area contributed by atoms with E-state index in [1.165, 1.54) is 12.3 Å². The van der Waals surface area contributed by atoms with Crippen molar-refractivity contribution in [1.29, 1.82) is 5.26 Å². The van der Waals surface area contributed by atoms with Gasteiger partial charge in [0.2, 0.25) is 5.95 Å². The van der Waals surface area contributed by atoms with Gasteiger partial charge in [-0.25, -0.2) is 15.0 Å². The second-order valence-corrected chi connectivity index (χ2v) is 8.56. The molecule has 0 radical (unpaired) electrons. The zero-order chi connectivity index (χ0) is 25.1. The highest BCUT2D eigenvalue weighted by Crippen LogP contribution is 2.33. The number of nitriles is 1. The molecule has 5 rings (SSSR count). The molecule has 9 heteroatoms. The van der Waals surface area contributed by atoms with Gasteiger partial charge >= 0.3 is 0 Å². The molecule has 1 aliphatic rings. The molecule has 1 saturated heterocycles. The maximum Gasteiger partial charge on any atom is 0.256 e. The number of nitrogens with zero attached hydrogens (tertiary/aromatic N) is 6. The van der Waals surface area contributed by atoms with E-state index in [4.69, 9.17) is 16.0 Å². The lowest BCUT2D eigenvalue weighted by molar-refractivity contribution is 0.102. The number of rotatable bonds is 5. The molecule has 1 aromatic carbocycles. The number of nitrogens with two attached hydrogens (primary N) is 1. The summed E-state index contributed by atoms with van der Waals surface area (Å²) in [7, 11) is 0. The van der Waals surface area contributed by atoms with Crippen molar-refractivity contribution in [3.8, 4) is 29.3 Å². The lowest BCUT2D eigenvalue weighted by Gasteiger charge is -2.11. The van der Waals surface area contributed by atoms with Crippen molar-refractivity contribution in [2.75, 3.05) is 30.7 Å². The van der Waals surface area contributed by atoms with Crippen LogP contribution in [0.3, 0.4) is 0 Å². The van der Waals surface area contributed by atoms with E-state index < -0.39 is 0 Å². The van der Waals surface area contributed by atoms with Gasteiger partial charge in [-0.05, 0) is 50.2 Å². The van der Waals surface area contributed by atoms with Crippen LogP contribution in [0.5, 0.6) is 0 Å². The van der Waals surface area contributed by atoms with Crippen molar-refractivity contribution < 1.29 is 4.79 Å². The standard InChI is InChI=1S/C27H24N8O/c1-2-3-13-34-14-10-21(17-34)24-22-9-12-31-27(29)35(22)25(33-24)19-4-6-20(7-5-19)26(36)32-23-15-18(16-28)8-11-30-23/h4-9,11-12,15,21H,10,13-14,17H2,1H3,(H2,29,31)(H,30,32,36). The highest BCUT2D eigenvalue weighted by atomic mass is 16.1. The zero-order valence-electron chi connectivity index (χ0n) is 19.8. The number of hydrogen-bond donors (Lipinski definition) is 2. The van der Waals surface area contributed by atoms with E-state index in [0.717, 1.165) is 42.8 Å². The van der Waals surface area contributed by atoms with E-state index >= 15 is 0 Å². The van der Waals surface area contributed by atoms with Crippen molar-refractivity contribution in [1.82, 2.24) is 24.3 Å². The summed E-state index contributed by atoms with van der Waals surface area (Å²) < 4.78 is 1.87. The molecule has 0 saturated carbocycles. The maximum atomic E-state index is 12.7. The highest BCUT2D eigenvalue weighted by Gasteiger charge is 2.28. The van der Waals surface area contributed by atoms with Gasteiger partial charge in [0, 0.05) is 36.0 Å². The highest BCUT2D eigenvalue weighted by molar-refractivity contribution is 6.04. The number of pyridine rings is 1. The minimum Gasteiger partial charge on any atom is -0.369 e. The van der Waals surface area contributed by atoms with Crippen LogP contribution < -0.4 is 11.1 Å². The zero-order valence-corrected chi connectivity index (χ0v) is 19.8. The number of likely N-dealkylation sites (tertiary alicyclic amines) is 1. The smallest absolute Gasteiger partial charge is 0.256 e. The number of amides is 1. The van der Waals surface area contributed by atoms with Gasteiger partial charge in [-0.15, -0.1) is 5.92 Å². The molecule has 4 heterocycles. The van der Waals surface area contributed by atoms with Crippen molar-refractivity contribution in [3.05, 3.63) is 71.7 Å². The fourth-order valence-electron chi connectivity index (χ4n) is 4.50. The van der Waals surface area contributed by atoms with Crippen LogP contribution in [0, 0.1) is 23.2 Å². The number of aromatic nitrogens is 4. The van der Waals surface area contributed by atoms with Crippen molar-refractivity contribution in [2.45, 2.75) is 19.3 Å². The summed E-state index contributed by atoms with van der Waals surface area (Å²) in [4.78, 5) is 28.4. The molecule has 36 heavy (non-hydrogen) atoms. The first-order valence-corrected chi connectivity index (χ1v) is 11.6. The Morgan fingerprint density at radius 3 is 2.78 bits per heavy atom. The lowest BCUT2D eigenvalue weighted by atomic mass is 10.0. The number of nitrogens with one attached hydrogen (secondary N) is 1. The Morgan fingerprint density at radius 2 is 2.00 bits per heavy atom. The van der Waals surface area contributed by atoms with Gasteiger partial charge in [-0.3, -0.25) is 14.1 Å². The molecular weight excluding hydrogens is 452 g/mol. The molecule has 0 aliphatic carbocycles. The molecule has 1 atom stereocenters. The first-order valence-electron chi connectivity index (χ1n) is 11.6. The summed E-state index contributed by atoms with van der Waals surface area (Å²) in [6.07, 6.45) is 4.19. The Kier molecular flexibility index (Phi) is 6.31. The molecule has 9 nitrogen and oxygen atoms in total.